The standard InChI is InChI=1S/C13H18FN5O3/c1-13(14)3-7(4-20)22-11(13)19-6-16-9-8(5-21-2)17-12(15)18-10(9)19/h6-7,11,20H,3-5H2,1-2H3,(H2,15,17,18)/t7-,11+,13+/m0/s1. The smallest absolute Gasteiger partial charge is 0.222 e. The largest absolute Gasteiger partial charge is 0.394 e. The quantitative estimate of drug-likeness (QED) is 0.849. The van der Waals surface area contributed by atoms with Crippen molar-refractivity contribution in [3.05, 3.63) is 12.0 Å². The van der Waals surface area contributed by atoms with Crippen LogP contribution in [-0.4, -0.2) is 50.1 Å². The Morgan fingerprint density at radius 2 is 2.36 bits per heavy atom. The van der Waals surface area contributed by atoms with Gasteiger partial charge in [-0.15, -0.1) is 0 Å². The van der Waals surface area contributed by atoms with Crippen LogP contribution in [0.3, 0.4) is 0 Å². The zero-order valence-electron chi connectivity index (χ0n) is 12.4. The number of halogens is 1. The molecule has 9 heteroatoms. The van der Waals surface area contributed by atoms with Gasteiger partial charge in [-0.3, -0.25) is 4.57 Å². The van der Waals surface area contributed by atoms with Gasteiger partial charge in [0.05, 0.1) is 31.3 Å². The minimum absolute atomic E-state index is 0.0542. The van der Waals surface area contributed by atoms with Gasteiger partial charge in [0, 0.05) is 13.5 Å². The van der Waals surface area contributed by atoms with E-state index in [9.17, 15) is 9.50 Å². The number of nitrogens with two attached hydrogens (primary N) is 1. The molecule has 0 aromatic carbocycles. The number of fused-ring (bicyclic) bond motifs is 1. The first kappa shape index (κ1) is 15.1. The number of aliphatic hydroxyl groups is 1. The number of hydrogen-bond donors (Lipinski definition) is 2. The van der Waals surface area contributed by atoms with Gasteiger partial charge in [0.25, 0.3) is 0 Å². The van der Waals surface area contributed by atoms with E-state index >= 15 is 0 Å². The SMILES string of the molecule is COCc1nc(N)nc2c1ncn2[C@@H]1O[C@H](CO)C[C@@]1(C)F. The van der Waals surface area contributed by atoms with Gasteiger partial charge >= 0.3 is 0 Å². The van der Waals surface area contributed by atoms with Crippen LogP contribution in [0.25, 0.3) is 11.2 Å². The van der Waals surface area contributed by atoms with E-state index in [1.807, 2.05) is 0 Å². The van der Waals surface area contributed by atoms with E-state index in [1.165, 1.54) is 24.9 Å². The first-order valence-electron chi connectivity index (χ1n) is 6.89. The van der Waals surface area contributed by atoms with E-state index < -0.39 is 18.0 Å². The lowest BCUT2D eigenvalue weighted by atomic mass is 10.0. The van der Waals surface area contributed by atoms with Crippen molar-refractivity contribution in [3.63, 3.8) is 0 Å². The fourth-order valence-electron chi connectivity index (χ4n) is 2.78. The van der Waals surface area contributed by atoms with Gasteiger partial charge in [0.2, 0.25) is 5.95 Å². The predicted octanol–water partition coefficient (Wildman–Crippen LogP) is 0.563. The summed E-state index contributed by atoms with van der Waals surface area (Å²) in [7, 11) is 1.53. The van der Waals surface area contributed by atoms with E-state index in [0.29, 0.717) is 16.9 Å². The summed E-state index contributed by atoms with van der Waals surface area (Å²) in [6, 6.07) is 0. The summed E-state index contributed by atoms with van der Waals surface area (Å²) in [5.41, 5.74) is 5.46. The van der Waals surface area contributed by atoms with Crippen molar-refractivity contribution in [1.29, 1.82) is 0 Å². The number of nitrogen functional groups attached to an aromatic ring is 1. The summed E-state index contributed by atoms with van der Waals surface area (Å²) in [4.78, 5) is 12.5. The van der Waals surface area contributed by atoms with Gasteiger partial charge in [0.1, 0.15) is 5.52 Å². The number of nitrogens with zero attached hydrogens (tertiary/aromatic N) is 4. The molecule has 8 nitrogen and oxygen atoms in total. The maximum Gasteiger partial charge on any atom is 0.222 e. The number of aromatic nitrogens is 4. The molecule has 1 aliphatic rings. The highest BCUT2D eigenvalue weighted by molar-refractivity contribution is 5.74. The molecule has 1 saturated heterocycles. The molecule has 0 aliphatic carbocycles. The monoisotopic (exact) mass is 311 g/mol. The summed E-state index contributed by atoms with van der Waals surface area (Å²) in [6.45, 7) is 1.41. The summed E-state index contributed by atoms with van der Waals surface area (Å²) >= 11 is 0. The first-order chi connectivity index (χ1) is 10.5. The number of methoxy groups -OCH3 is 1. The number of hydrogen-bond acceptors (Lipinski definition) is 7. The Hall–Kier alpha value is -1.84. The zero-order chi connectivity index (χ0) is 15.9. The number of anilines is 1. The van der Waals surface area contributed by atoms with Gasteiger partial charge in [0.15, 0.2) is 17.5 Å². The van der Waals surface area contributed by atoms with Crippen LogP contribution in [-0.2, 0) is 16.1 Å². The second-order valence-electron chi connectivity index (χ2n) is 5.56. The Labute approximate surface area is 126 Å². The van der Waals surface area contributed by atoms with Crippen LogP contribution < -0.4 is 5.73 Å². The van der Waals surface area contributed by atoms with Crippen molar-refractivity contribution in [3.8, 4) is 0 Å². The Morgan fingerprint density at radius 1 is 1.59 bits per heavy atom. The number of ether oxygens (including phenoxy) is 2. The minimum atomic E-state index is -1.65. The van der Waals surface area contributed by atoms with Crippen LogP contribution in [0.1, 0.15) is 25.3 Å². The highest BCUT2D eigenvalue weighted by Gasteiger charge is 2.47. The van der Waals surface area contributed by atoms with Crippen molar-refractivity contribution in [2.45, 2.75) is 38.0 Å². The van der Waals surface area contributed by atoms with Gasteiger partial charge in [-0.05, 0) is 6.92 Å². The first-order valence-corrected chi connectivity index (χ1v) is 6.89. The maximum atomic E-state index is 14.8. The van der Waals surface area contributed by atoms with Gasteiger partial charge < -0.3 is 20.3 Å². The molecule has 3 rings (SSSR count). The number of imidazole rings is 1. The lowest BCUT2D eigenvalue weighted by Crippen LogP contribution is -2.27. The van der Waals surface area contributed by atoms with E-state index in [4.69, 9.17) is 15.2 Å². The normalized spacial score (nSPS) is 28.5. The van der Waals surface area contributed by atoms with Crippen LogP contribution in [0.4, 0.5) is 10.3 Å². The van der Waals surface area contributed by atoms with Gasteiger partial charge in [-0.2, -0.15) is 4.98 Å². The average molecular weight is 311 g/mol. The second kappa shape index (κ2) is 5.41. The topological polar surface area (TPSA) is 108 Å². The third-order valence-corrected chi connectivity index (χ3v) is 3.71. The van der Waals surface area contributed by atoms with Crippen molar-refractivity contribution < 1.29 is 19.0 Å². The predicted molar refractivity (Wildman–Crippen MR) is 75.6 cm³/mol. The zero-order valence-corrected chi connectivity index (χ0v) is 12.4. The Bertz CT molecular complexity index is 690. The number of aliphatic hydroxyl groups excluding tert-OH is 1. The van der Waals surface area contributed by atoms with Crippen LogP contribution in [0.15, 0.2) is 6.33 Å². The van der Waals surface area contributed by atoms with Crippen molar-refractivity contribution in [1.82, 2.24) is 19.5 Å². The molecule has 2 aromatic rings. The molecule has 1 aliphatic heterocycles. The number of rotatable bonds is 4. The molecule has 0 radical (unpaired) electrons. The molecule has 3 N–H and O–H groups in total. The van der Waals surface area contributed by atoms with Crippen molar-refractivity contribution in [2.24, 2.45) is 0 Å². The maximum absolute atomic E-state index is 14.8. The van der Waals surface area contributed by atoms with E-state index in [1.54, 1.807) is 0 Å². The third-order valence-electron chi connectivity index (χ3n) is 3.71. The molecule has 22 heavy (non-hydrogen) atoms. The molecule has 0 saturated carbocycles. The molecule has 0 unspecified atom stereocenters. The van der Waals surface area contributed by atoms with Gasteiger partial charge in [-0.1, -0.05) is 0 Å². The lowest BCUT2D eigenvalue weighted by molar-refractivity contribution is -0.0565. The van der Waals surface area contributed by atoms with Crippen LogP contribution in [0, 0.1) is 0 Å². The Kier molecular flexibility index (Phi) is 3.71. The molecule has 0 spiro atoms. The van der Waals surface area contributed by atoms with Crippen LogP contribution in [0.2, 0.25) is 0 Å². The molecule has 2 aromatic heterocycles. The van der Waals surface area contributed by atoms with Crippen LogP contribution in [0.5, 0.6) is 0 Å². The summed E-state index contributed by atoms with van der Waals surface area (Å²) < 4.78 is 26.9. The minimum Gasteiger partial charge on any atom is -0.394 e. The highest BCUT2D eigenvalue weighted by atomic mass is 19.1. The van der Waals surface area contributed by atoms with E-state index in [0.717, 1.165) is 0 Å². The lowest BCUT2D eigenvalue weighted by Gasteiger charge is -2.22. The van der Waals surface area contributed by atoms with E-state index in [2.05, 4.69) is 15.0 Å². The summed E-state index contributed by atoms with van der Waals surface area (Å²) in [6.07, 6.45) is 0.0499. The molecule has 1 fully saturated rings. The third kappa shape index (κ3) is 2.40. The summed E-state index contributed by atoms with van der Waals surface area (Å²) in [5.74, 6) is 0.0542. The second-order valence-corrected chi connectivity index (χ2v) is 5.56. The molecular formula is C13H18FN5O3. The Balaban J connectivity index is 2.08. The summed E-state index contributed by atoms with van der Waals surface area (Å²) in [5, 5.41) is 9.21. The molecule has 3 atom stereocenters. The van der Waals surface area contributed by atoms with Crippen molar-refractivity contribution in [2.75, 3.05) is 19.5 Å². The fourth-order valence-corrected chi connectivity index (χ4v) is 2.78. The molecular weight excluding hydrogens is 293 g/mol. The highest BCUT2D eigenvalue weighted by Crippen LogP contribution is 2.41. The number of alkyl halides is 1. The molecule has 120 valence electrons. The molecule has 0 bridgehead atoms. The molecule has 0 amide bonds. The average Bonchev–Trinajstić information content (AvgIpc) is 2.99. The van der Waals surface area contributed by atoms with Crippen molar-refractivity contribution >= 4 is 17.1 Å². The van der Waals surface area contributed by atoms with E-state index in [-0.39, 0.29) is 25.6 Å². The van der Waals surface area contributed by atoms with Gasteiger partial charge in [-0.25, -0.2) is 14.4 Å². The fraction of sp³-hybridized carbons (Fsp3) is 0.615. The van der Waals surface area contributed by atoms with Crippen LogP contribution >= 0.6 is 0 Å². The Morgan fingerprint density at radius 3 is 3.00 bits per heavy atom. The molecule has 3 heterocycles.